The highest BCUT2D eigenvalue weighted by atomic mass is 35.5. The van der Waals surface area contributed by atoms with Crippen molar-refractivity contribution in [2.75, 3.05) is 11.5 Å². The second-order valence-electron chi connectivity index (χ2n) is 8.00. The van der Waals surface area contributed by atoms with Gasteiger partial charge in [0.15, 0.2) is 0 Å². The average molecular weight is 470 g/mol. The van der Waals surface area contributed by atoms with Crippen molar-refractivity contribution < 1.29 is 14.3 Å². The summed E-state index contributed by atoms with van der Waals surface area (Å²) >= 11 is 12.6. The van der Waals surface area contributed by atoms with Crippen LogP contribution in [-0.2, 0) is 0 Å². The second kappa shape index (κ2) is 9.93. The highest BCUT2D eigenvalue weighted by Crippen LogP contribution is 2.39. The van der Waals surface area contributed by atoms with E-state index in [1.54, 1.807) is 48.5 Å². The molecule has 1 heterocycles. The number of hydrogen-bond acceptors (Lipinski definition) is 3. The minimum atomic E-state index is -0.396. The van der Waals surface area contributed by atoms with Crippen LogP contribution in [0.2, 0.25) is 10.0 Å². The Morgan fingerprint density at radius 1 is 0.719 bits per heavy atom. The van der Waals surface area contributed by atoms with E-state index in [9.17, 15) is 9.59 Å². The summed E-state index contributed by atoms with van der Waals surface area (Å²) < 4.78 is 5.82. The van der Waals surface area contributed by atoms with E-state index >= 15 is 0 Å². The first-order chi connectivity index (χ1) is 15.5. The van der Waals surface area contributed by atoms with Crippen LogP contribution in [0.25, 0.3) is 10.8 Å². The lowest BCUT2D eigenvalue weighted by Gasteiger charge is -2.27. The normalized spacial score (nSPS) is 13.2. The Hall–Kier alpha value is -2.56. The maximum Gasteiger partial charge on any atom is 0.265 e. The quantitative estimate of drug-likeness (QED) is 0.238. The zero-order valence-electron chi connectivity index (χ0n) is 18.0. The fraction of sp³-hybridized carbons (Fsp3) is 0.308. The van der Waals surface area contributed by atoms with Gasteiger partial charge in [-0.3, -0.25) is 9.59 Å². The van der Waals surface area contributed by atoms with Gasteiger partial charge in [-0.05, 0) is 55.0 Å². The molecule has 0 bridgehead atoms. The first kappa shape index (κ1) is 22.6. The number of benzene rings is 3. The molecule has 0 spiro atoms. The molecule has 32 heavy (non-hydrogen) atoms. The molecule has 4 nitrogen and oxygen atoms in total. The number of anilines is 1. The largest absolute Gasteiger partial charge is 0.494 e. The SMILES string of the molecule is CCCCCCCCOc1ccc(N2C(=O)c3ccc(Cl)c4c(Cl)ccc(c34)C2=O)cc1. The van der Waals surface area contributed by atoms with Crippen molar-refractivity contribution in [3.05, 3.63) is 69.7 Å². The third-order valence-electron chi connectivity index (χ3n) is 5.79. The number of imide groups is 1. The summed E-state index contributed by atoms with van der Waals surface area (Å²) in [6.45, 7) is 2.87. The van der Waals surface area contributed by atoms with E-state index in [1.165, 1.54) is 30.6 Å². The Morgan fingerprint density at radius 2 is 1.28 bits per heavy atom. The third-order valence-corrected chi connectivity index (χ3v) is 6.42. The minimum Gasteiger partial charge on any atom is -0.494 e. The van der Waals surface area contributed by atoms with E-state index in [0.29, 0.717) is 44.2 Å². The summed E-state index contributed by atoms with van der Waals surface area (Å²) in [6, 6.07) is 13.6. The number of rotatable bonds is 9. The van der Waals surface area contributed by atoms with Gasteiger partial charge in [-0.1, -0.05) is 62.2 Å². The average Bonchev–Trinajstić information content (AvgIpc) is 2.79. The van der Waals surface area contributed by atoms with Crippen molar-refractivity contribution in [2.24, 2.45) is 0 Å². The molecular weight excluding hydrogens is 445 g/mol. The van der Waals surface area contributed by atoms with Crippen LogP contribution in [0.4, 0.5) is 5.69 Å². The number of ether oxygens (including phenoxy) is 1. The van der Waals surface area contributed by atoms with Gasteiger partial charge in [-0.15, -0.1) is 0 Å². The van der Waals surface area contributed by atoms with Crippen LogP contribution in [-0.4, -0.2) is 18.4 Å². The monoisotopic (exact) mass is 469 g/mol. The van der Waals surface area contributed by atoms with Crippen LogP contribution in [0.1, 0.15) is 66.2 Å². The fourth-order valence-electron chi connectivity index (χ4n) is 4.10. The number of unbranched alkanes of at least 4 members (excludes halogenated alkanes) is 5. The number of carbonyl (C=O) groups excluding carboxylic acids is 2. The number of hydrogen-bond donors (Lipinski definition) is 0. The Labute approximate surface area is 198 Å². The second-order valence-corrected chi connectivity index (χ2v) is 8.81. The lowest BCUT2D eigenvalue weighted by Crippen LogP contribution is -2.40. The van der Waals surface area contributed by atoms with E-state index in [1.807, 2.05) is 0 Å². The molecule has 0 N–H and O–H groups in total. The molecule has 3 aromatic carbocycles. The molecule has 4 rings (SSSR count). The van der Waals surface area contributed by atoms with Crippen molar-refractivity contribution in [3.63, 3.8) is 0 Å². The van der Waals surface area contributed by atoms with Crippen LogP contribution < -0.4 is 9.64 Å². The molecule has 0 atom stereocenters. The molecule has 166 valence electrons. The van der Waals surface area contributed by atoms with Crippen molar-refractivity contribution in [1.82, 2.24) is 0 Å². The number of carbonyl (C=O) groups is 2. The van der Waals surface area contributed by atoms with Crippen LogP contribution in [0.5, 0.6) is 5.75 Å². The number of amides is 2. The molecule has 0 aromatic heterocycles. The summed E-state index contributed by atoms with van der Waals surface area (Å²) in [7, 11) is 0. The van der Waals surface area contributed by atoms with Crippen LogP contribution >= 0.6 is 23.2 Å². The zero-order chi connectivity index (χ0) is 22.7. The summed E-state index contributed by atoms with van der Waals surface area (Å²) in [5.41, 5.74) is 1.31. The molecule has 0 radical (unpaired) electrons. The van der Waals surface area contributed by atoms with Crippen molar-refractivity contribution in [1.29, 1.82) is 0 Å². The minimum absolute atomic E-state index is 0.396. The topological polar surface area (TPSA) is 46.6 Å². The van der Waals surface area contributed by atoms with Gasteiger partial charge in [0.2, 0.25) is 0 Å². The fourth-order valence-corrected chi connectivity index (χ4v) is 4.67. The molecule has 2 amide bonds. The standard InChI is InChI=1S/C26H25Cl2NO3/c1-2-3-4-5-6-7-16-32-18-10-8-17(9-11-18)29-25(30)19-12-14-21(27)24-22(28)15-13-20(23(19)24)26(29)31/h8-15H,2-7,16H2,1H3. The molecule has 0 fully saturated rings. The van der Waals surface area contributed by atoms with Gasteiger partial charge in [0.1, 0.15) is 5.75 Å². The molecule has 1 aliphatic rings. The van der Waals surface area contributed by atoms with E-state index in [2.05, 4.69) is 6.92 Å². The molecule has 1 aliphatic heterocycles. The van der Waals surface area contributed by atoms with Gasteiger partial charge < -0.3 is 4.74 Å². The Bertz CT molecular complexity index is 1100. The molecule has 0 saturated carbocycles. The molecule has 0 unspecified atom stereocenters. The van der Waals surface area contributed by atoms with Gasteiger partial charge >= 0.3 is 0 Å². The van der Waals surface area contributed by atoms with Crippen molar-refractivity contribution in [3.8, 4) is 5.75 Å². The molecule has 3 aromatic rings. The lowest BCUT2D eigenvalue weighted by molar-refractivity contribution is 0.0893. The highest BCUT2D eigenvalue weighted by molar-refractivity contribution is 6.46. The smallest absolute Gasteiger partial charge is 0.265 e. The van der Waals surface area contributed by atoms with Crippen molar-refractivity contribution >= 4 is 51.5 Å². The van der Waals surface area contributed by atoms with Gasteiger partial charge in [0.25, 0.3) is 11.8 Å². The van der Waals surface area contributed by atoms with Crippen LogP contribution in [0.3, 0.4) is 0 Å². The van der Waals surface area contributed by atoms with E-state index in [-0.39, 0.29) is 0 Å². The van der Waals surface area contributed by atoms with Gasteiger partial charge in [-0.2, -0.15) is 0 Å². The van der Waals surface area contributed by atoms with E-state index < -0.39 is 11.8 Å². The van der Waals surface area contributed by atoms with Crippen LogP contribution in [0.15, 0.2) is 48.5 Å². The third kappa shape index (κ3) is 4.35. The zero-order valence-corrected chi connectivity index (χ0v) is 19.5. The number of nitrogens with zero attached hydrogens (tertiary/aromatic N) is 1. The Balaban J connectivity index is 1.50. The van der Waals surface area contributed by atoms with Gasteiger partial charge in [-0.25, -0.2) is 4.90 Å². The Morgan fingerprint density at radius 3 is 1.88 bits per heavy atom. The molecule has 0 saturated heterocycles. The summed E-state index contributed by atoms with van der Waals surface area (Å²) in [6.07, 6.45) is 7.22. The molecule has 6 heteroatoms. The molecule has 0 aliphatic carbocycles. The summed E-state index contributed by atoms with van der Waals surface area (Å²) in [5, 5.41) is 1.87. The predicted octanol–water partition coefficient (Wildman–Crippen LogP) is 7.69. The first-order valence-electron chi connectivity index (χ1n) is 11.0. The van der Waals surface area contributed by atoms with Crippen molar-refractivity contribution in [2.45, 2.75) is 45.4 Å². The highest BCUT2D eigenvalue weighted by Gasteiger charge is 2.35. The lowest BCUT2D eigenvalue weighted by atomic mass is 9.93. The maximum atomic E-state index is 13.2. The van der Waals surface area contributed by atoms with E-state index in [0.717, 1.165) is 18.6 Å². The summed E-state index contributed by atoms with van der Waals surface area (Å²) in [4.78, 5) is 27.6. The van der Waals surface area contributed by atoms with E-state index in [4.69, 9.17) is 27.9 Å². The Kier molecular flexibility index (Phi) is 7.02. The van der Waals surface area contributed by atoms with Gasteiger partial charge in [0, 0.05) is 31.9 Å². The summed E-state index contributed by atoms with van der Waals surface area (Å²) in [5.74, 6) is -0.0698. The van der Waals surface area contributed by atoms with Gasteiger partial charge in [0.05, 0.1) is 12.3 Å². The van der Waals surface area contributed by atoms with Crippen LogP contribution in [0, 0.1) is 0 Å². The predicted molar refractivity (Wildman–Crippen MR) is 130 cm³/mol. The number of halogens is 2. The maximum absolute atomic E-state index is 13.2. The first-order valence-corrected chi connectivity index (χ1v) is 11.8. The molecular formula is C26H25Cl2NO3.